The van der Waals surface area contributed by atoms with E-state index in [2.05, 4.69) is 0 Å². The topological polar surface area (TPSA) is 66.8 Å². The fourth-order valence-corrected chi connectivity index (χ4v) is 2.47. The Labute approximate surface area is 109 Å². The van der Waals surface area contributed by atoms with Crippen LogP contribution in [0.3, 0.4) is 0 Å². The summed E-state index contributed by atoms with van der Waals surface area (Å²) in [6.07, 6.45) is -0.542. The van der Waals surface area contributed by atoms with Crippen LogP contribution in [0, 0.1) is 17.8 Å². The van der Waals surface area contributed by atoms with Gasteiger partial charge in [-0.2, -0.15) is 0 Å². The zero-order valence-electron chi connectivity index (χ0n) is 11.0. The predicted molar refractivity (Wildman–Crippen MR) is 60.9 cm³/mol. The largest absolute Gasteiger partial charge is 0.481 e. The number of alkyl halides is 2. The summed E-state index contributed by atoms with van der Waals surface area (Å²) in [5, 5.41) is 8.67. The molecule has 1 heterocycles. The molecule has 0 unspecified atom stereocenters. The van der Waals surface area contributed by atoms with Crippen LogP contribution >= 0.6 is 0 Å². The summed E-state index contributed by atoms with van der Waals surface area (Å²) in [5.74, 6) is -7.81. The third-order valence-corrected chi connectivity index (χ3v) is 3.44. The first kappa shape index (κ1) is 14.0. The van der Waals surface area contributed by atoms with Crippen LogP contribution in [-0.2, 0) is 9.53 Å². The number of carbonyl (C=O) groups excluding carboxylic acids is 1. The second kappa shape index (κ2) is 4.05. The van der Waals surface area contributed by atoms with E-state index in [1.54, 1.807) is 20.8 Å². The van der Waals surface area contributed by atoms with Gasteiger partial charge in [0.1, 0.15) is 11.5 Å². The molecule has 2 fully saturated rings. The first-order valence-corrected chi connectivity index (χ1v) is 6.12. The Hall–Kier alpha value is -1.40. The maximum Gasteiger partial charge on any atom is 0.410 e. The van der Waals surface area contributed by atoms with E-state index in [9.17, 15) is 18.4 Å². The number of hydrogen-bond acceptors (Lipinski definition) is 3. The normalized spacial score (nSPS) is 29.6. The van der Waals surface area contributed by atoms with Gasteiger partial charge in [0.2, 0.25) is 0 Å². The van der Waals surface area contributed by atoms with Crippen LogP contribution in [0.25, 0.3) is 0 Å². The quantitative estimate of drug-likeness (QED) is 0.836. The first-order valence-electron chi connectivity index (χ1n) is 6.12. The summed E-state index contributed by atoms with van der Waals surface area (Å²) in [7, 11) is 0. The number of hydrogen-bond donors (Lipinski definition) is 1. The van der Waals surface area contributed by atoms with Gasteiger partial charge in [-0.3, -0.25) is 4.79 Å². The summed E-state index contributed by atoms with van der Waals surface area (Å²) in [6.45, 7) is 5.44. The highest BCUT2D eigenvalue weighted by Crippen LogP contribution is 2.60. The minimum Gasteiger partial charge on any atom is -0.481 e. The highest BCUT2D eigenvalue weighted by atomic mass is 19.3. The Morgan fingerprint density at radius 1 is 1.32 bits per heavy atom. The molecular weight excluding hydrogens is 260 g/mol. The minimum absolute atomic E-state index is 0.138. The molecule has 19 heavy (non-hydrogen) atoms. The Morgan fingerprint density at radius 3 is 2.21 bits per heavy atom. The number of carbonyl (C=O) groups is 2. The molecule has 1 aliphatic carbocycles. The third-order valence-electron chi connectivity index (χ3n) is 3.44. The second-order valence-electron chi connectivity index (χ2n) is 6.16. The zero-order chi connectivity index (χ0) is 14.6. The maximum absolute atomic E-state index is 13.3. The Morgan fingerprint density at radius 2 is 1.84 bits per heavy atom. The summed E-state index contributed by atoms with van der Waals surface area (Å²) in [5.41, 5.74) is -0.630. The molecule has 0 spiro atoms. The van der Waals surface area contributed by atoms with Crippen molar-refractivity contribution in [1.82, 2.24) is 4.90 Å². The number of amides is 1. The molecule has 108 valence electrons. The number of ether oxygens (including phenoxy) is 1. The van der Waals surface area contributed by atoms with Crippen LogP contribution in [0.2, 0.25) is 0 Å². The summed E-state index contributed by atoms with van der Waals surface area (Å²) in [4.78, 5) is 23.6. The molecule has 5 nitrogen and oxygen atoms in total. The summed E-state index contributed by atoms with van der Waals surface area (Å²) in [6, 6.07) is 0. The third kappa shape index (κ3) is 2.50. The molecule has 2 rings (SSSR count). The lowest BCUT2D eigenvalue weighted by Gasteiger charge is -2.40. The smallest absolute Gasteiger partial charge is 0.410 e. The Bertz CT molecular complexity index is 412. The average molecular weight is 277 g/mol. The molecule has 1 saturated carbocycles. The van der Waals surface area contributed by atoms with E-state index in [1.807, 2.05) is 0 Å². The summed E-state index contributed by atoms with van der Waals surface area (Å²) >= 11 is 0. The van der Waals surface area contributed by atoms with Crippen LogP contribution in [0.4, 0.5) is 13.6 Å². The van der Waals surface area contributed by atoms with Gasteiger partial charge in [0.05, 0.1) is 0 Å². The number of rotatable bonds is 2. The van der Waals surface area contributed by atoms with Crippen molar-refractivity contribution in [2.24, 2.45) is 17.8 Å². The number of likely N-dealkylation sites (tertiary alicyclic amines) is 1. The van der Waals surface area contributed by atoms with Gasteiger partial charge in [-0.25, -0.2) is 13.6 Å². The number of aliphatic carboxylic acids is 1. The van der Waals surface area contributed by atoms with Gasteiger partial charge in [0.25, 0.3) is 5.92 Å². The monoisotopic (exact) mass is 277 g/mol. The van der Waals surface area contributed by atoms with Gasteiger partial charge >= 0.3 is 12.1 Å². The lowest BCUT2D eigenvalue weighted by Crippen LogP contribution is -2.53. The van der Waals surface area contributed by atoms with Gasteiger partial charge < -0.3 is 14.7 Å². The van der Waals surface area contributed by atoms with Crippen molar-refractivity contribution >= 4 is 12.1 Å². The van der Waals surface area contributed by atoms with Crippen molar-refractivity contribution in [1.29, 1.82) is 0 Å². The highest BCUT2D eigenvalue weighted by Gasteiger charge is 2.75. The van der Waals surface area contributed by atoms with Gasteiger partial charge in [-0.05, 0) is 20.8 Å². The van der Waals surface area contributed by atoms with E-state index in [0.717, 1.165) is 0 Å². The van der Waals surface area contributed by atoms with Crippen molar-refractivity contribution in [3.8, 4) is 0 Å². The number of halogens is 2. The fourth-order valence-electron chi connectivity index (χ4n) is 2.47. The van der Waals surface area contributed by atoms with E-state index >= 15 is 0 Å². The SMILES string of the molecule is CC(C)(C)OC(=O)N1CC([C@@H]2[C@H](C(=O)O)C2(F)F)C1. The van der Waals surface area contributed by atoms with Crippen LogP contribution < -0.4 is 0 Å². The van der Waals surface area contributed by atoms with Gasteiger partial charge in [0.15, 0.2) is 0 Å². The van der Waals surface area contributed by atoms with E-state index in [4.69, 9.17) is 9.84 Å². The van der Waals surface area contributed by atoms with E-state index in [1.165, 1.54) is 4.90 Å². The molecule has 0 bridgehead atoms. The molecule has 0 aromatic rings. The second-order valence-corrected chi connectivity index (χ2v) is 6.16. The molecule has 1 saturated heterocycles. The number of carboxylic acid groups (broad SMARTS) is 1. The van der Waals surface area contributed by atoms with E-state index < -0.39 is 41.3 Å². The molecule has 0 aromatic carbocycles. The number of carboxylic acids is 1. The van der Waals surface area contributed by atoms with Gasteiger partial charge in [-0.1, -0.05) is 0 Å². The molecule has 1 N–H and O–H groups in total. The van der Waals surface area contributed by atoms with Crippen LogP contribution in [0.15, 0.2) is 0 Å². The predicted octanol–water partition coefficient (Wildman–Crippen LogP) is 1.82. The van der Waals surface area contributed by atoms with Crippen LogP contribution in [0.1, 0.15) is 20.8 Å². The molecular formula is C12H17F2NO4. The van der Waals surface area contributed by atoms with Gasteiger partial charge in [0, 0.05) is 24.9 Å². The highest BCUT2D eigenvalue weighted by molar-refractivity contribution is 5.76. The Balaban J connectivity index is 1.85. The lowest BCUT2D eigenvalue weighted by molar-refractivity contribution is -0.141. The van der Waals surface area contributed by atoms with Crippen molar-refractivity contribution in [2.75, 3.05) is 13.1 Å². The van der Waals surface area contributed by atoms with Crippen molar-refractivity contribution in [2.45, 2.75) is 32.3 Å². The van der Waals surface area contributed by atoms with Crippen molar-refractivity contribution in [3.05, 3.63) is 0 Å². The lowest BCUT2D eigenvalue weighted by atomic mass is 9.93. The van der Waals surface area contributed by atoms with Gasteiger partial charge in [-0.15, -0.1) is 0 Å². The molecule has 1 amide bonds. The van der Waals surface area contributed by atoms with Crippen LogP contribution in [0.5, 0.6) is 0 Å². The molecule has 2 atom stereocenters. The first-order chi connectivity index (χ1) is 8.54. The number of nitrogens with zero attached hydrogens (tertiary/aromatic N) is 1. The zero-order valence-corrected chi connectivity index (χ0v) is 11.0. The molecule has 7 heteroatoms. The van der Waals surface area contributed by atoms with Crippen LogP contribution in [-0.4, -0.2) is 46.7 Å². The minimum atomic E-state index is -3.14. The van der Waals surface area contributed by atoms with E-state index in [-0.39, 0.29) is 13.1 Å². The molecule has 0 radical (unpaired) electrons. The molecule has 0 aromatic heterocycles. The van der Waals surface area contributed by atoms with Crippen molar-refractivity contribution < 1.29 is 28.2 Å². The van der Waals surface area contributed by atoms with Crippen molar-refractivity contribution in [3.63, 3.8) is 0 Å². The fraction of sp³-hybridized carbons (Fsp3) is 0.833. The maximum atomic E-state index is 13.3. The summed E-state index contributed by atoms with van der Waals surface area (Å²) < 4.78 is 31.6. The standard InChI is InChI=1S/C12H17F2NO4/c1-11(2,3)19-10(18)15-4-6(5-15)7-8(9(16)17)12(7,13)14/h6-8H,4-5H2,1-3H3,(H,16,17)/t7-,8-/m1/s1. The molecule has 1 aliphatic heterocycles. The average Bonchev–Trinajstić information content (AvgIpc) is 2.62. The molecule has 2 aliphatic rings. The van der Waals surface area contributed by atoms with E-state index in [0.29, 0.717) is 0 Å². The Kier molecular flexibility index (Phi) is 2.98.